The minimum absolute atomic E-state index is 0.0491. The molecule has 0 amide bonds. The first-order valence-electron chi connectivity index (χ1n) is 7.99. The Balaban J connectivity index is 2.02. The average Bonchev–Trinajstić information content (AvgIpc) is 3.01. The number of ketones is 1. The lowest BCUT2D eigenvalue weighted by Crippen LogP contribution is -2.44. The Kier molecular flexibility index (Phi) is 2.97. The van der Waals surface area contributed by atoms with Crippen LogP contribution < -0.4 is 10.9 Å². The maximum atomic E-state index is 12.3. The molecule has 3 aromatic rings. The molecule has 0 spiro atoms. The summed E-state index contributed by atoms with van der Waals surface area (Å²) < 4.78 is 1.59. The Morgan fingerprint density at radius 3 is 2.71 bits per heavy atom. The first-order valence-corrected chi connectivity index (χ1v) is 7.99. The molecule has 3 heterocycles. The number of carbonyl (C=O) groups is 1. The standard InChI is InChI=1S/C19H19N3O2/c1-19(2)15(23)9-11-5-4-6-12(16(11)21-19)14-10-22(3)18(24)17-13(14)7-8-20-17/h4-8,10,20-21H,9H2,1-3H3. The molecule has 0 fully saturated rings. The minimum Gasteiger partial charge on any atom is -0.372 e. The van der Waals surface area contributed by atoms with E-state index in [1.54, 1.807) is 17.8 Å². The fourth-order valence-electron chi connectivity index (χ4n) is 3.38. The van der Waals surface area contributed by atoms with Crippen molar-refractivity contribution in [2.45, 2.75) is 25.8 Å². The van der Waals surface area contributed by atoms with Gasteiger partial charge in [0, 0.05) is 48.1 Å². The molecule has 0 unspecified atom stereocenters. The first-order chi connectivity index (χ1) is 11.4. The topological polar surface area (TPSA) is 66.9 Å². The van der Waals surface area contributed by atoms with Crippen molar-refractivity contribution in [1.29, 1.82) is 0 Å². The summed E-state index contributed by atoms with van der Waals surface area (Å²) in [4.78, 5) is 27.6. The molecule has 5 nitrogen and oxygen atoms in total. The van der Waals surface area contributed by atoms with Crippen LogP contribution in [0.3, 0.4) is 0 Å². The third-order valence-corrected chi connectivity index (χ3v) is 4.82. The van der Waals surface area contributed by atoms with Crippen LogP contribution in [0.5, 0.6) is 0 Å². The van der Waals surface area contributed by atoms with E-state index < -0.39 is 5.54 Å². The Hall–Kier alpha value is -2.82. The van der Waals surface area contributed by atoms with E-state index in [9.17, 15) is 9.59 Å². The second-order valence-electron chi connectivity index (χ2n) is 6.91. The zero-order valence-corrected chi connectivity index (χ0v) is 13.9. The molecule has 0 radical (unpaired) electrons. The van der Waals surface area contributed by atoms with Crippen LogP contribution >= 0.6 is 0 Å². The van der Waals surface area contributed by atoms with Crippen molar-refractivity contribution in [3.05, 3.63) is 52.6 Å². The molecular formula is C19H19N3O2. The number of aromatic amines is 1. The monoisotopic (exact) mass is 321 g/mol. The number of fused-ring (bicyclic) bond motifs is 2. The van der Waals surface area contributed by atoms with Gasteiger partial charge in [0.2, 0.25) is 0 Å². The van der Waals surface area contributed by atoms with Crippen LogP contribution in [0.4, 0.5) is 5.69 Å². The third kappa shape index (κ3) is 2.01. The van der Waals surface area contributed by atoms with E-state index in [1.807, 2.05) is 44.3 Å². The molecule has 122 valence electrons. The normalized spacial score (nSPS) is 16.0. The van der Waals surface area contributed by atoms with Crippen LogP contribution in [0.1, 0.15) is 19.4 Å². The second-order valence-corrected chi connectivity index (χ2v) is 6.91. The smallest absolute Gasteiger partial charge is 0.274 e. The van der Waals surface area contributed by atoms with E-state index >= 15 is 0 Å². The molecule has 1 aliphatic heterocycles. The summed E-state index contributed by atoms with van der Waals surface area (Å²) in [6.07, 6.45) is 4.07. The number of benzene rings is 1. The number of carbonyl (C=O) groups excluding carboxylic acids is 1. The molecule has 2 N–H and O–H groups in total. The highest BCUT2D eigenvalue weighted by atomic mass is 16.1. The molecule has 0 saturated heterocycles. The molecule has 0 atom stereocenters. The van der Waals surface area contributed by atoms with Crippen molar-refractivity contribution in [3.63, 3.8) is 0 Å². The van der Waals surface area contributed by atoms with Crippen molar-refractivity contribution in [2.24, 2.45) is 7.05 Å². The summed E-state index contributed by atoms with van der Waals surface area (Å²) in [5, 5.41) is 4.29. The lowest BCUT2D eigenvalue weighted by atomic mass is 9.85. The van der Waals surface area contributed by atoms with Crippen molar-refractivity contribution >= 4 is 22.4 Å². The van der Waals surface area contributed by atoms with Crippen molar-refractivity contribution < 1.29 is 4.79 Å². The molecule has 0 bridgehead atoms. The van der Waals surface area contributed by atoms with E-state index in [1.165, 1.54) is 0 Å². The summed E-state index contributed by atoms with van der Waals surface area (Å²) in [5.74, 6) is 0.180. The van der Waals surface area contributed by atoms with Gasteiger partial charge in [-0.1, -0.05) is 18.2 Å². The number of aryl methyl sites for hydroxylation is 1. The highest BCUT2D eigenvalue weighted by molar-refractivity contribution is 6.03. The summed E-state index contributed by atoms with van der Waals surface area (Å²) in [6.45, 7) is 3.81. The zero-order chi connectivity index (χ0) is 17.1. The maximum absolute atomic E-state index is 12.3. The number of pyridine rings is 1. The molecule has 0 aliphatic carbocycles. The lowest BCUT2D eigenvalue weighted by molar-refractivity contribution is -0.122. The van der Waals surface area contributed by atoms with E-state index in [4.69, 9.17) is 0 Å². The van der Waals surface area contributed by atoms with Crippen LogP contribution in [0.25, 0.3) is 22.0 Å². The zero-order valence-electron chi connectivity index (χ0n) is 13.9. The number of hydrogen-bond donors (Lipinski definition) is 2. The van der Waals surface area contributed by atoms with Gasteiger partial charge in [-0.25, -0.2) is 0 Å². The Morgan fingerprint density at radius 2 is 1.92 bits per heavy atom. The van der Waals surface area contributed by atoms with Crippen LogP contribution in [0, 0.1) is 0 Å². The van der Waals surface area contributed by atoms with E-state index in [-0.39, 0.29) is 11.3 Å². The Bertz CT molecular complexity index is 1040. The highest BCUT2D eigenvalue weighted by Crippen LogP contribution is 2.39. The Labute approximate surface area is 139 Å². The van der Waals surface area contributed by atoms with Crippen molar-refractivity contribution in [2.75, 3.05) is 5.32 Å². The van der Waals surface area contributed by atoms with Gasteiger partial charge in [0.1, 0.15) is 5.52 Å². The third-order valence-electron chi connectivity index (χ3n) is 4.82. The van der Waals surface area contributed by atoms with Gasteiger partial charge in [0.25, 0.3) is 5.56 Å². The molecule has 1 aromatic carbocycles. The molecule has 5 heteroatoms. The fraction of sp³-hybridized carbons (Fsp3) is 0.263. The largest absolute Gasteiger partial charge is 0.372 e. The van der Waals surface area contributed by atoms with Crippen molar-refractivity contribution in [3.8, 4) is 11.1 Å². The first kappa shape index (κ1) is 14.8. The van der Waals surface area contributed by atoms with Gasteiger partial charge in [0.05, 0.1) is 5.54 Å². The van der Waals surface area contributed by atoms with Gasteiger partial charge in [-0.15, -0.1) is 0 Å². The molecule has 4 rings (SSSR count). The highest BCUT2D eigenvalue weighted by Gasteiger charge is 2.34. The molecule has 2 aromatic heterocycles. The summed E-state index contributed by atoms with van der Waals surface area (Å²) in [7, 11) is 1.75. The van der Waals surface area contributed by atoms with Gasteiger partial charge in [-0.05, 0) is 25.5 Å². The van der Waals surface area contributed by atoms with E-state index in [0.29, 0.717) is 11.9 Å². The van der Waals surface area contributed by atoms with Gasteiger partial charge < -0.3 is 14.9 Å². The maximum Gasteiger partial charge on any atom is 0.274 e. The van der Waals surface area contributed by atoms with Gasteiger partial charge >= 0.3 is 0 Å². The number of hydrogen-bond acceptors (Lipinski definition) is 3. The fourth-order valence-corrected chi connectivity index (χ4v) is 3.38. The predicted molar refractivity (Wildman–Crippen MR) is 95.4 cm³/mol. The van der Waals surface area contributed by atoms with Crippen LogP contribution in [-0.4, -0.2) is 20.9 Å². The van der Waals surface area contributed by atoms with Gasteiger partial charge in [-0.2, -0.15) is 0 Å². The predicted octanol–water partition coefficient (Wildman–Crippen LogP) is 2.85. The Morgan fingerprint density at radius 1 is 1.12 bits per heavy atom. The number of aromatic nitrogens is 2. The van der Waals surface area contributed by atoms with Gasteiger partial charge in [0.15, 0.2) is 5.78 Å². The molecule has 1 aliphatic rings. The number of Topliss-reactive ketones (excluding diaryl/α,β-unsaturated/α-hetero) is 1. The average molecular weight is 321 g/mol. The van der Waals surface area contributed by atoms with Crippen LogP contribution in [0.2, 0.25) is 0 Å². The minimum atomic E-state index is -0.596. The van der Waals surface area contributed by atoms with Crippen molar-refractivity contribution in [1.82, 2.24) is 9.55 Å². The molecule has 0 saturated carbocycles. The summed E-state index contributed by atoms with van der Waals surface area (Å²) in [5.41, 5.74) is 3.90. The number of para-hydroxylation sites is 1. The molecular weight excluding hydrogens is 302 g/mol. The summed E-state index contributed by atoms with van der Waals surface area (Å²) in [6, 6.07) is 7.90. The van der Waals surface area contributed by atoms with Crippen LogP contribution in [0.15, 0.2) is 41.5 Å². The van der Waals surface area contributed by atoms with Gasteiger partial charge in [-0.3, -0.25) is 9.59 Å². The SMILES string of the molecule is Cn1cc(-c2cccc3c2NC(C)(C)C(=O)C3)c2cc[nH]c2c1=O. The second kappa shape index (κ2) is 4.84. The number of H-pyrrole nitrogens is 1. The quantitative estimate of drug-likeness (QED) is 0.724. The van der Waals surface area contributed by atoms with Crippen LogP contribution in [-0.2, 0) is 18.3 Å². The number of anilines is 1. The lowest BCUT2D eigenvalue weighted by Gasteiger charge is -2.33. The molecule has 24 heavy (non-hydrogen) atoms. The number of nitrogens with zero attached hydrogens (tertiary/aromatic N) is 1. The number of rotatable bonds is 1. The summed E-state index contributed by atoms with van der Waals surface area (Å²) >= 11 is 0. The number of nitrogens with one attached hydrogen (secondary N) is 2. The van der Waals surface area contributed by atoms with E-state index in [2.05, 4.69) is 10.3 Å². The van der Waals surface area contributed by atoms with E-state index in [0.717, 1.165) is 27.8 Å².